The molecule has 0 saturated carbocycles. The zero-order valence-corrected chi connectivity index (χ0v) is 9.96. The van der Waals surface area contributed by atoms with Gasteiger partial charge in [-0.05, 0) is 37.0 Å². The van der Waals surface area contributed by atoms with E-state index in [1.165, 1.54) is 5.56 Å². The van der Waals surface area contributed by atoms with Crippen LogP contribution < -0.4 is 5.73 Å². The van der Waals surface area contributed by atoms with E-state index in [0.29, 0.717) is 6.04 Å². The molecule has 1 atom stereocenters. The van der Waals surface area contributed by atoms with Gasteiger partial charge >= 0.3 is 0 Å². The monoisotopic (exact) mass is 222 g/mol. The number of hydrogen-bond donors (Lipinski definition) is 1. The number of hydrogen-bond acceptors (Lipinski definition) is 2. The van der Waals surface area contributed by atoms with Crippen LogP contribution >= 0.6 is 0 Å². The SMILES string of the molecule is Cc1cc(CN2CCC(N)C2)cc(C)c1F. The standard InChI is InChI=1S/C13H19FN2/c1-9-5-11(6-10(2)13(9)14)7-16-4-3-12(15)8-16/h5-6,12H,3-4,7-8,15H2,1-2H3. The third-order valence-corrected chi connectivity index (χ3v) is 3.21. The highest BCUT2D eigenvalue weighted by Gasteiger charge is 2.19. The molecule has 1 fully saturated rings. The predicted octanol–water partition coefficient (Wildman–Crippen LogP) is 1.98. The summed E-state index contributed by atoms with van der Waals surface area (Å²) < 4.78 is 13.5. The first-order chi connectivity index (χ1) is 7.56. The lowest BCUT2D eigenvalue weighted by Gasteiger charge is -2.16. The molecule has 2 rings (SSSR count). The van der Waals surface area contributed by atoms with Gasteiger partial charge in [0.15, 0.2) is 0 Å². The zero-order chi connectivity index (χ0) is 11.7. The molecule has 1 unspecified atom stereocenters. The predicted molar refractivity (Wildman–Crippen MR) is 63.7 cm³/mol. The van der Waals surface area contributed by atoms with E-state index in [2.05, 4.69) is 4.90 Å². The number of benzene rings is 1. The lowest BCUT2D eigenvalue weighted by Crippen LogP contribution is -2.26. The zero-order valence-electron chi connectivity index (χ0n) is 9.96. The third-order valence-electron chi connectivity index (χ3n) is 3.21. The van der Waals surface area contributed by atoms with Crippen molar-refractivity contribution in [1.82, 2.24) is 4.90 Å². The molecule has 0 spiro atoms. The molecule has 0 aromatic heterocycles. The van der Waals surface area contributed by atoms with Gasteiger partial charge in [-0.15, -0.1) is 0 Å². The molecule has 1 saturated heterocycles. The molecule has 0 amide bonds. The molecule has 2 nitrogen and oxygen atoms in total. The van der Waals surface area contributed by atoms with Crippen molar-refractivity contribution in [2.75, 3.05) is 13.1 Å². The summed E-state index contributed by atoms with van der Waals surface area (Å²) in [5.41, 5.74) is 8.52. The van der Waals surface area contributed by atoms with Gasteiger partial charge in [0.2, 0.25) is 0 Å². The van der Waals surface area contributed by atoms with Crippen molar-refractivity contribution < 1.29 is 4.39 Å². The summed E-state index contributed by atoms with van der Waals surface area (Å²) in [5, 5.41) is 0. The molecule has 3 heteroatoms. The third kappa shape index (κ3) is 2.42. The second-order valence-corrected chi connectivity index (χ2v) is 4.83. The number of aryl methyl sites for hydroxylation is 2. The highest BCUT2D eigenvalue weighted by Crippen LogP contribution is 2.18. The van der Waals surface area contributed by atoms with Gasteiger partial charge in [-0.1, -0.05) is 12.1 Å². The minimum atomic E-state index is -0.0816. The highest BCUT2D eigenvalue weighted by atomic mass is 19.1. The topological polar surface area (TPSA) is 29.3 Å². The van der Waals surface area contributed by atoms with Crippen molar-refractivity contribution in [2.24, 2.45) is 5.73 Å². The maximum atomic E-state index is 13.5. The summed E-state index contributed by atoms with van der Waals surface area (Å²) in [4.78, 5) is 2.33. The van der Waals surface area contributed by atoms with Crippen LogP contribution in [0.25, 0.3) is 0 Å². The molecule has 16 heavy (non-hydrogen) atoms. The minimum absolute atomic E-state index is 0.0816. The van der Waals surface area contributed by atoms with E-state index in [1.807, 2.05) is 26.0 Å². The first kappa shape index (κ1) is 11.6. The molecule has 88 valence electrons. The summed E-state index contributed by atoms with van der Waals surface area (Å²) in [7, 11) is 0. The molecule has 2 N–H and O–H groups in total. The van der Waals surface area contributed by atoms with Crippen LogP contribution in [-0.2, 0) is 6.54 Å². The minimum Gasteiger partial charge on any atom is -0.326 e. The Morgan fingerprint density at radius 1 is 1.38 bits per heavy atom. The van der Waals surface area contributed by atoms with E-state index < -0.39 is 0 Å². The van der Waals surface area contributed by atoms with Crippen molar-refractivity contribution >= 4 is 0 Å². The van der Waals surface area contributed by atoms with Crippen LogP contribution in [-0.4, -0.2) is 24.0 Å². The number of nitrogens with two attached hydrogens (primary N) is 1. The molecular formula is C13H19FN2. The Hall–Kier alpha value is -0.930. The van der Waals surface area contributed by atoms with Crippen LogP contribution in [0.5, 0.6) is 0 Å². The van der Waals surface area contributed by atoms with Gasteiger partial charge in [0.05, 0.1) is 0 Å². The van der Waals surface area contributed by atoms with Crippen LogP contribution in [0.15, 0.2) is 12.1 Å². The highest BCUT2D eigenvalue weighted by molar-refractivity contribution is 5.30. The van der Waals surface area contributed by atoms with Gasteiger partial charge in [-0.2, -0.15) is 0 Å². The Balaban J connectivity index is 2.10. The number of rotatable bonds is 2. The summed E-state index contributed by atoms with van der Waals surface area (Å²) >= 11 is 0. The summed E-state index contributed by atoms with van der Waals surface area (Å²) in [6.45, 7) is 6.53. The Morgan fingerprint density at radius 2 is 2.00 bits per heavy atom. The van der Waals surface area contributed by atoms with E-state index in [1.54, 1.807) is 0 Å². The van der Waals surface area contributed by atoms with Gasteiger partial charge < -0.3 is 5.73 Å². The maximum absolute atomic E-state index is 13.5. The molecule has 1 aromatic rings. The van der Waals surface area contributed by atoms with Crippen molar-refractivity contribution in [3.63, 3.8) is 0 Å². The van der Waals surface area contributed by atoms with Gasteiger partial charge in [0, 0.05) is 25.7 Å². The van der Waals surface area contributed by atoms with Crippen molar-refractivity contribution in [1.29, 1.82) is 0 Å². The van der Waals surface area contributed by atoms with E-state index >= 15 is 0 Å². The molecule has 0 aliphatic carbocycles. The molecule has 0 radical (unpaired) electrons. The van der Waals surface area contributed by atoms with Crippen LogP contribution in [0.1, 0.15) is 23.1 Å². The number of likely N-dealkylation sites (tertiary alicyclic amines) is 1. The summed E-state index contributed by atoms with van der Waals surface area (Å²) in [6.07, 6.45) is 1.07. The Kier molecular flexibility index (Phi) is 3.26. The second kappa shape index (κ2) is 4.52. The van der Waals surface area contributed by atoms with E-state index in [0.717, 1.165) is 37.2 Å². The Bertz CT molecular complexity index is 367. The molecule has 1 aliphatic heterocycles. The van der Waals surface area contributed by atoms with Crippen molar-refractivity contribution in [2.45, 2.75) is 32.9 Å². The Morgan fingerprint density at radius 3 is 2.50 bits per heavy atom. The second-order valence-electron chi connectivity index (χ2n) is 4.83. The molecule has 1 aliphatic rings. The average molecular weight is 222 g/mol. The normalized spacial score (nSPS) is 21.6. The van der Waals surface area contributed by atoms with Crippen LogP contribution in [0.2, 0.25) is 0 Å². The van der Waals surface area contributed by atoms with E-state index in [-0.39, 0.29) is 5.82 Å². The largest absolute Gasteiger partial charge is 0.326 e. The van der Waals surface area contributed by atoms with Crippen molar-refractivity contribution in [3.8, 4) is 0 Å². The lowest BCUT2D eigenvalue weighted by atomic mass is 10.1. The van der Waals surface area contributed by atoms with Crippen LogP contribution in [0, 0.1) is 19.7 Å². The summed E-state index contributed by atoms with van der Waals surface area (Å²) in [6, 6.07) is 4.18. The van der Waals surface area contributed by atoms with Crippen LogP contribution in [0.3, 0.4) is 0 Å². The summed E-state index contributed by atoms with van der Waals surface area (Å²) in [5.74, 6) is -0.0816. The fourth-order valence-corrected chi connectivity index (χ4v) is 2.39. The van der Waals surface area contributed by atoms with Crippen molar-refractivity contribution in [3.05, 3.63) is 34.6 Å². The lowest BCUT2D eigenvalue weighted by molar-refractivity contribution is 0.326. The first-order valence-electron chi connectivity index (χ1n) is 5.80. The molecule has 0 bridgehead atoms. The number of nitrogens with zero attached hydrogens (tertiary/aromatic N) is 1. The van der Waals surface area contributed by atoms with Crippen LogP contribution in [0.4, 0.5) is 4.39 Å². The quantitative estimate of drug-likeness (QED) is 0.829. The molecular weight excluding hydrogens is 203 g/mol. The van der Waals surface area contributed by atoms with E-state index in [4.69, 9.17) is 5.73 Å². The first-order valence-corrected chi connectivity index (χ1v) is 5.80. The fraction of sp³-hybridized carbons (Fsp3) is 0.538. The fourth-order valence-electron chi connectivity index (χ4n) is 2.39. The molecule has 1 heterocycles. The van der Waals surface area contributed by atoms with E-state index in [9.17, 15) is 4.39 Å². The van der Waals surface area contributed by atoms with Gasteiger partial charge in [0.1, 0.15) is 5.82 Å². The van der Waals surface area contributed by atoms with Gasteiger partial charge in [-0.25, -0.2) is 4.39 Å². The number of halogens is 1. The van der Waals surface area contributed by atoms with Gasteiger partial charge in [0.25, 0.3) is 0 Å². The van der Waals surface area contributed by atoms with Gasteiger partial charge in [-0.3, -0.25) is 4.90 Å². The molecule has 1 aromatic carbocycles. The smallest absolute Gasteiger partial charge is 0.129 e. The Labute approximate surface area is 96.2 Å². The maximum Gasteiger partial charge on any atom is 0.129 e. The average Bonchev–Trinajstić information content (AvgIpc) is 2.60.